The number of rotatable bonds is 6. The Bertz CT molecular complexity index is 727. The van der Waals surface area contributed by atoms with E-state index in [4.69, 9.17) is 32.4 Å². The molecule has 7 heteroatoms. The third-order valence-electron chi connectivity index (χ3n) is 4.07. The summed E-state index contributed by atoms with van der Waals surface area (Å²) in [5.41, 5.74) is 0.706. The molecule has 0 unspecified atom stereocenters. The number of ether oxygens (including phenoxy) is 1. The molecule has 0 aliphatic carbocycles. The smallest absolute Gasteiger partial charge is 0.287 e. The van der Waals surface area contributed by atoms with E-state index in [-0.39, 0.29) is 11.7 Å². The molecule has 1 aliphatic rings. The molecular weight excluding hydrogens is 363 g/mol. The number of benzene rings is 1. The van der Waals surface area contributed by atoms with E-state index >= 15 is 0 Å². The van der Waals surface area contributed by atoms with Gasteiger partial charge in [0, 0.05) is 30.2 Å². The van der Waals surface area contributed by atoms with Gasteiger partial charge in [-0.25, -0.2) is 0 Å². The molecule has 1 aromatic carbocycles. The predicted octanol–water partition coefficient (Wildman–Crippen LogP) is 3.71. The number of halogens is 2. The SMILES string of the molecule is O=C(NCCCN1CCOCC1)c1ccc(-c2ccc(Cl)cc2Cl)o1. The van der Waals surface area contributed by atoms with Crippen molar-refractivity contribution in [2.45, 2.75) is 6.42 Å². The predicted molar refractivity (Wildman–Crippen MR) is 98.4 cm³/mol. The van der Waals surface area contributed by atoms with Crippen LogP contribution in [0.2, 0.25) is 10.0 Å². The van der Waals surface area contributed by atoms with Crippen LogP contribution in [-0.2, 0) is 4.74 Å². The van der Waals surface area contributed by atoms with Crippen molar-refractivity contribution in [3.05, 3.63) is 46.1 Å². The van der Waals surface area contributed by atoms with Crippen LogP contribution >= 0.6 is 23.2 Å². The van der Waals surface area contributed by atoms with Gasteiger partial charge in [-0.05, 0) is 43.3 Å². The van der Waals surface area contributed by atoms with Crippen molar-refractivity contribution in [2.75, 3.05) is 39.4 Å². The van der Waals surface area contributed by atoms with E-state index in [1.807, 2.05) is 0 Å². The monoisotopic (exact) mass is 382 g/mol. The number of nitrogens with zero attached hydrogens (tertiary/aromatic N) is 1. The molecule has 0 spiro atoms. The summed E-state index contributed by atoms with van der Waals surface area (Å²) in [5, 5.41) is 3.92. The summed E-state index contributed by atoms with van der Waals surface area (Å²) in [5.74, 6) is 0.589. The minimum absolute atomic E-state index is 0.224. The Morgan fingerprint density at radius 1 is 1.16 bits per heavy atom. The van der Waals surface area contributed by atoms with Gasteiger partial charge in [0.1, 0.15) is 5.76 Å². The summed E-state index contributed by atoms with van der Waals surface area (Å²) in [7, 11) is 0. The van der Waals surface area contributed by atoms with Crippen LogP contribution in [0.1, 0.15) is 17.0 Å². The van der Waals surface area contributed by atoms with Crippen LogP contribution in [-0.4, -0.2) is 50.2 Å². The van der Waals surface area contributed by atoms with Crippen molar-refractivity contribution in [2.24, 2.45) is 0 Å². The molecule has 5 nitrogen and oxygen atoms in total. The summed E-state index contributed by atoms with van der Waals surface area (Å²) < 4.78 is 10.9. The van der Waals surface area contributed by atoms with Crippen molar-refractivity contribution in [1.82, 2.24) is 10.2 Å². The number of hydrogen-bond donors (Lipinski definition) is 1. The third-order valence-corrected chi connectivity index (χ3v) is 4.61. The minimum Gasteiger partial charge on any atom is -0.451 e. The lowest BCUT2D eigenvalue weighted by molar-refractivity contribution is 0.0374. The second-order valence-corrected chi connectivity index (χ2v) is 6.70. The number of nitrogens with one attached hydrogen (secondary N) is 1. The van der Waals surface area contributed by atoms with Crippen LogP contribution in [0.3, 0.4) is 0 Å². The fourth-order valence-corrected chi connectivity index (χ4v) is 3.21. The zero-order chi connectivity index (χ0) is 17.6. The van der Waals surface area contributed by atoms with Gasteiger partial charge < -0.3 is 14.5 Å². The van der Waals surface area contributed by atoms with Crippen molar-refractivity contribution in [3.8, 4) is 11.3 Å². The summed E-state index contributed by atoms with van der Waals surface area (Å²) in [4.78, 5) is 14.5. The maximum absolute atomic E-state index is 12.2. The van der Waals surface area contributed by atoms with Gasteiger partial charge in [-0.15, -0.1) is 0 Å². The lowest BCUT2D eigenvalue weighted by Gasteiger charge is -2.26. The largest absolute Gasteiger partial charge is 0.451 e. The van der Waals surface area contributed by atoms with E-state index in [2.05, 4.69) is 10.2 Å². The molecule has 2 aromatic rings. The number of hydrogen-bond acceptors (Lipinski definition) is 4. The Balaban J connectivity index is 1.50. The first-order valence-electron chi connectivity index (χ1n) is 8.27. The first-order chi connectivity index (χ1) is 12.1. The average molecular weight is 383 g/mol. The molecule has 1 N–H and O–H groups in total. The van der Waals surface area contributed by atoms with Crippen molar-refractivity contribution in [1.29, 1.82) is 0 Å². The van der Waals surface area contributed by atoms with Gasteiger partial charge >= 0.3 is 0 Å². The van der Waals surface area contributed by atoms with Gasteiger partial charge in [0.25, 0.3) is 5.91 Å². The lowest BCUT2D eigenvalue weighted by atomic mass is 10.2. The van der Waals surface area contributed by atoms with Crippen molar-refractivity contribution in [3.63, 3.8) is 0 Å². The van der Waals surface area contributed by atoms with E-state index in [1.165, 1.54) is 0 Å². The first-order valence-corrected chi connectivity index (χ1v) is 9.02. The first kappa shape index (κ1) is 18.3. The fraction of sp³-hybridized carbons (Fsp3) is 0.389. The highest BCUT2D eigenvalue weighted by molar-refractivity contribution is 6.36. The number of carbonyl (C=O) groups is 1. The second-order valence-electron chi connectivity index (χ2n) is 5.85. The zero-order valence-corrected chi connectivity index (χ0v) is 15.3. The molecule has 2 heterocycles. The summed E-state index contributed by atoms with van der Waals surface area (Å²) in [6.07, 6.45) is 0.891. The van der Waals surface area contributed by atoms with Crippen molar-refractivity contribution < 1.29 is 13.9 Å². The summed E-state index contributed by atoms with van der Waals surface area (Å²) in [6, 6.07) is 8.53. The molecule has 1 aromatic heterocycles. The van der Waals surface area contributed by atoms with E-state index in [1.54, 1.807) is 30.3 Å². The third kappa shape index (κ3) is 4.98. The standard InChI is InChI=1S/C18H20Cl2N2O3/c19-13-2-3-14(15(20)12-13)16-4-5-17(25-16)18(23)21-6-1-7-22-8-10-24-11-9-22/h2-5,12H,1,6-11H2,(H,21,23). The van der Waals surface area contributed by atoms with Crippen LogP contribution in [0.5, 0.6) is 0 Å². The van der Waals surface area contributed by atoms with Gasteiger partial charge in [0.05, 0.1) is 18.2 Å². The molecule has 25 heavy (non-hydrogen) atoms. The average Bonchev–Trinajstić information content (AvgIpc) is 3.09. The number of carbonyl (C=O) groups excluding carboxylic acids is 1. The Morgan fingerprint density at radius 3 is 2.72 bits per heavy atom. The molecule has 0 atom stereocenters. The topological polar surface area (TPSA) is 54.7 Å². The number of morpholine rings is 1. The van der Waals surface area contributed by atoms with Crippen LogP contribution in [0.4, 0.5) is 0 Å². The van der Waals surface area contributed by atoms with Crippen LogP contribution in [0.15, 0.2) is 34.7 Å². The van der Waals surface area contributed by atoms with Gasteiger partial charge in [0.2, 0.25) is 0 Å². The Morgan fingerprint density at radius 2 is 1.96 bits per heavy atom. The van der Waals surface area contributed by atoms with Gasteiger partial charge in [-0.1, -0.05) is 23.2 Å². The quantitative estimate of drug-likeness (QED) is 0.773. The fourth-order valence-electron chi connectivity index (χ4n) is 2.71. The van der Waals surface area contributed by atoms with Crippen LogP contribution < -0.4 is 5.32 Å². The number of furan rings is 1. The number of amides is 1. The Hall–Kier alpha value is -1.53. The molecule has 0 bridgehead atoms. The maximum Gasteiger partial charge on any atom is 0.287 e. The molecule has 1 fully saturated rings. The highest BCUT2D eigenvalue weighted by atomic mass is 35.5. The van der Waals surface area contributed by atoms with Gasteiger partial charge in [0.15, 0.2) is 5.76 Å². The van der Waals surface area contributed by atoms with E-state index in [0.29, 0.717) is 27.9 Å². The molecule has 0 radical (unpaired) electrons. The molecule has 3 rings (SSSR count). The maximum atomic E-state index is 12.2. The van der Waals surface area contributed by atoms with Gasteiger partial charge in [-0.3, -0.25) is 9.69 Å². The Kier molecular flexibility index (Phi) is 6.37. The lowest BCUT2D eigenvalue weighted by Crippen LogP contribution is -2.38. The van der Waals surface area contributed by atoms with E-state index in [0.717, 1.165) is 39.3 Å². The molecule has 1 amide bonds. The van der Waals surface area contributed by atoms with Crippen LogP contribution in [0, 0.1) is 0 Å². The zero-order valence-electron chi connectivity index (χ0n) is 13.8. The molecular formula is C18H20Cl2N2O3. The Labute approximate surface area is 156 Å². The summed E-state index contributed by atoms with van der Waals surface area (Å²) >= 11 is 12.1. The highest BCUT2D eigenvalue weighted by Gasteiger charge is 2.14. The normalized spacial score (nSPS) is 15.3. The highest BCUT2D eigenvalue weighted by Crippen LogP contribution is 2.31. The molecule has 134 valence electrons. The van der Waals surface area contributed by atoms with E-state index in [9.17, 15) is 4.79 Å². The van der Waals surface area contributed by atoms with E-state index < -0.39 is 0 Å². The minimum atomic E-state index is -0.224. The van der Waals surface area contributed by atoms with Crippen LogP contribution in [0.25, 0.3) is 11.3 Å². The second kappa shape index (κ2) is 8.72. The molecule has 0 saturated carbocycles. The summed E-state index contributed by atoms with van der Waals surface area (Å²) in [6.45, 7) is 5.04. The van der Waals surface area contributed by atoms with Crippen molar-refractivity contribution >= 4 is 29.1 Å². The molecule has 1 saturated heterocycles. The van der Waals surface area contributed by atoms with Gasteiger partial charge in [-0.2, -0.15) is 0 Å². The molecule has 1 aliphatic heterocycles.